The molecule has 2 aliphatic rings. The summed E-state index contributed by atoms with van der Waals surface area (Å²) in [4.78, 5) is 26.0. The fourth-order valence-corrected chi connectivity index (χ4v) is 4.83. The van der Waals surface area contributed by atoms with Gasteiger partial charge in [-0.2, -0.15) is 0 Å². The van der Waals surface area contributed by atoms with Crippen molar-refractivity contribution in [2.45, 2.75) is 42.0 Å². The minimum Gasteiger partial charge on any atom is -0.497 e. The normalized spacial score (nSPS) is 28.1. The van der Waals surface area contributed by atoms with Crippen LogP contribution < -0.4 is 4.74 Å². The number of thioether (sulfide) groups is 1. The van der Waals surface area contributed by atoms with Gasteiger partial charge in [-0.15, -0.1) is 23.4 Å². The van der Waals surface area contributed by atoms with E-state index >= 15 is 0 Å². The topological polar surface area (TPSA) is 55.8 Å². The first-order chi connectivity index (χ1) is 10.8. The van der Waals surface area contributed by atoms with Gasteiger partial charge < -0.3 is 14.4 Å². The molecule has 0 aliphatic carbocycles. The maximum atomic E-state index is 12.5. The predicted octanol–water partition coefficient (Wildman–Crippen LogP) is 2.41. The van der Waals surface area contributed by atoms with Gasteiger partial charge in [-0.05, 0) is 31.5 Å². The quantitative estimate of drug-likeness (QED) is 0.471. The third kappa shape index (κ3) is 2.78. The van der Waals surface area contributed by atoms with Crippen LogP contribution >= 0.6 is 23.4 Å². The Morgan fingerprint density at radius 2 is 2.00 bits per heavy atom. The molecule has 0 aromatic heterocycles. The van der Waals surface area contributed by atoms with Crippen LogP contribution in [-0.2, 0) is 20.9 Å². The zero-order valence-corrected chi connectivity index (χ0v) is 14.7. The summed E-state index contributed by atoms with van der Waals surface area (Å²) in [7, 11) is 1.60. The highest BCUT2D eigenvalue weighted by molar-refractivity contribution is 8.01. The molecular weight excluding hydrogens is 338 g/mol. The molecule has 2 fully saturated rings. The monoisotopic (exact) mass is 355 g/mol. The van der Waals surface area contributed by atoms with Gasteiger partial charge in [0.25, 0.3) is 0 Å². The van der Waals surface area contributed by atoms with Crippen LogP contribution in [-0.4, -0.2) is 45.4 Å². The lowest BCUT2D eigenvalue weighted by Crippen LogP contribution is -2.63. The predicted molar refractivity (Wildman–Crippen MR) is 88.5 cm³/mol. The van der Waals surface area contributed by atoms with E-state index in [9.17, 15) is 9.59 Å². The van der Waals surface area contributed by atoms with Crippen LogP contribution in [0.3, 0.4) is 0 Å². The molecule has 0 spiro atoms. The number of β-lactam (4-membered cyclic amide) rings is 1. The van der Waals surface area contributed by atoms with Crippen LogP contribution in [0.4, 0.5) is 0 Å². The summed E-state index contributed by atoms with van der Waals surface area (Å²) in [6.07, 6.45) is 0. The van der Waals surface area contributed by atoms with Crippen molar-refractivity contribution in [3.63, 3.8) is 0 Å². The standard InChI is InChI=1S/C16H18ClNO4S/c1-16(2)12(18-13(19)11(17)14(18)23-16)15(20)22-8-9-4-6-10(21-3)7-5-9/h4-7,11-12,14H,8H2,1-3H3/t11-,12+,14-/m1/s1. The van der Waals surface area contributed by atoms with E-state index < -0.39 is 22.1 Å². The minimum absolute atomic E-state index is 0.141. The summed E-state index contributed by atoms with van der Waals surface area (Å²) < 4.78 is 10.1. The Labute approximate surface area is 144 Å². The average molecular weight is 356 g/mol. The SMILES string of the molecule is COc1ccc(COC(=O)[C@@H]2N3C(=O)[C@@H](Cl)[C@H]3SC2(C)C)cc1. The molecule has 0 N–H and O–H groups in total. The molecule has 0 saturated carbocycles. The van der Waals surface area contributed by atoms with E-state index in [1.807, 2.05) is 38.1 Å². The van der Waals surface area contributed by atoms with Crippen molar-refractivity contribution in [2.75, 3.05) is 7.11 Å². The highest BCUT2D eigenvalue weighted by Gasteiger charge is 2.63. The van der Waals surface area contributed by atoms with Gasteiger partial charge in [0, 0.05) is 4.75 Å². The molecular formula is C16H18ClNO4S. The Hall–Kier alpha value is -1.40. The van der Waals surface area contributed by atoms with E-state index in [1.54, 1.807) is 23.8 Å². The third-order valence-corrected chi connectivity index (χ3v) is 6.29. The first-order valence-electron chi connectivity index (χ1n) is 7.29. The fourth-order valence-electron chi connectivity index (χ4n) is 2.90. The molecule has 3 atom stereocenters. The molecule has 1 amide bonds. The average Bonchev–Trinajstić information content (AvgIpc) is 2.81. The Balaban J connectivity index is 1.66. The maximum Gasteiger partial charge on any atom is 0.330 e. The lowest BCUT2D eigenvalue weighted by molar-refractivity contribution is -0.161. The molecule has 23 heavy (non-hydrogen) atoms. The van der Waals surface area contributed by atoms with Gasteiger partial charge in [0.05, 0.1) is 7.11 Å². The molecule has 0 unspecified atom stereocenters. The highest BCUT2D eigenvalue weighted by atomic mass is 35.5. The molecule has 2 aliphatic heterocycles. The third-order valence-electron chi connectivity index (χ3n) is 4.14. The minimum atomic E-state index is -0.599. The molecule has 1 aromatic carbocycles. The van der Waals surface area contributed by atoms with E-state index in [-0.39, 0.29) is 17.9 Å². The maximum absolute atomic E-state index is 12.5. The summed E-state index contributed by atoms with van der Waals surface area (Å²) in [5.74, 6) is 0.162. The van der Waals surface area contributed by atoms with Crippen LogP contribution in [0.25, 0.3) is 0 Å². The first kappa shape index (κ1) is 16.5. The second-order valence-corrected chi connectivity index (χ2v) is 8.36. The van der Waals surface area contributed by atoms with Gasteiger partial charge in [-0.1, -0.05) is 12.1 Å². The number of rotatable bonds is 4. The molecule has 2 heterocycles. The second-order valence-electron chi connectivity index (χ2n) is 6.12. The van der Waals surface area contributed by atoms with E-state index in [1.165, 1.54) is 0 Å². The van der Waals surface area contributed by atoms with E-state index in [2.05, 4.69) is 0 Å². The van der Waals surface area contributed by atoms with Crippen LogP contribution in [0, 0.1) is 0 Å². The summed E-state index contributed by atoms with van der Waals surface area (Å²) in [5, 5.41) is -0.684. The molecule has 7 heteroatoms. The molecule has 0 radical (unpaired) electrons. The van der Waals surface area contributed by atoms with Gasteiger partial charge in [0.1, 0.15) is 29.1 Å². The number of nitrogens with zero attached hydrogens (tertiary/aromatic N) is 1. The van der Waals surface area contributed by atoms with Crippen LogP contribution in [0.2, 0.25) is 0 Å². The molecule has 1 aromatic rings. The number of esters is 1. The summed E-state index contributed by atoms with van der Waals surface area (Å²) in [6.45, 7) is 4.04. The highest BCUT2D eigenvalue weighted by Crippen LogP contribution is 2.52. The number of hydrogen-bond donors (Lipinski definition) is 0. The Kier molecular flexibility index (Phi) is 4.23. The zero-order valence-electron chi connectivity index (χ0n) is 13.1. The summed E-state index contributed by atoms with van der Waals surface area (Å²) >= 11 is 7.57. The summed E-state index contributed by atoms with van der Waals surface area (Å²) in [5.41, 5.74) is 0.865. The zero-order chi connectivity index (χ0) is 16.8. The number of halogens is 1. The van der Waals surface area contributed by atoms with Crippen molar-refractivity contribution in [1.29, 1.82) is 0 Å². The lowest BCUT2D eigenvalue weighted by Gasteiger charge is -2.40. The van der Waals surface area contributed by atoms with Crippen LogP contribution in [0.1, 0.15) is 19.4 Å². The number of hydrogen-bond acceptors (Lipinski definition) is 5. The van der Waals surface area contributed by atoms with E-state index in [4.69, 9.17) is 21.1 Å². The largest absolute Gasteiger partial charge is 0.497 e. The number of carbonyl (C=O) groups excluding carboxylic acids is 2. The number of amides is 1. The smallest absolute Gasteiger partial charge is 0.330 e. The van der Waals surface area contributed by atoms with E-state index in [0.717, 1.165) is 11.3 Å². The lowest BCUT2D eigenvalue weighted by atomic mass is 9.98. The van der Waals surface area contributed by atoms with Gasteiger partial charge in [0.15, 0.2) is 0 Å². The molecule has 0 bridgehead atoms. The van der Waals surface area contributed by atoms with Crippen molar-refractivity contribution in [3.8, 4) is 5.75 Å². The molecule has 5 nitrogen and oxygen atoms in total. The number of methoxy groups -OCH3 is 1. The van der Waals surface area contributed by atoms with Gasteiger partial charge in [-0.25, -0.2) is 4.79 Å². The van der Waals surface area contributed by atoms with Crippen molar-refractivity contribution in [1.82, 2.24) is 4.90 Å². The molecule has 124 valence electrons. The second kappa shape index (κ2) is 5.91. The number of fused-ring (bicyclic) bond motifs is 1. The number of alkyl halides is 1. The van der Waals surface area contributed by atoms with Crippen LogP contribution in [0.5, 0.6) is 5.75 Å². The van der Waals surface area contributed by atoms with Gasteiger partial charge in [-0.3, -0.25) is 4.79 Å². The molecule has 3 rings (SSSR count). The summed E-state index contributed by atoms with van der Waals surface area (Å²) in [6, 6.07) is 6.70. The number of carbonyl (C=O) groups is 2. The first-order valence-corrected chi connectivity index (χ1v) is 8.60. The van der Waals surface area contributed by atoms with Crippen molar-refractivity contribution >= 4 is 35.2 Å². The van der Waals surface area contributed by atoms with Crippen LogP contribution in [0.15, 0.2) is 24.3 Å². The van der Waals surface area contributed by atoms with Crippen molar-refractivity contribution in [2.24, 2.45) is 0 Å². The van der Waals surface area contributed by atoms with E-state index in [0.29, 0.717) is 0 Å². The Morgan fingerprint density at radius 3 is 2.61 bits per heavy atom. The molecule has 2 saturated heterocycles. The number of benzene rings is 1. The van der Waals surface area contributed by atoms with Crippen molar-refractivity contribution < 1.29 is 19.1 Å². The van der Waals surface area contributed by atoms with Gasteiger partial charge >= 0.3 is 5.97 Å². The van der Waals surface area contributed by atoms with Crippen molar-refractivity contribution in [3.05, 3.63) is 29.8 Å². The number of ether oxygens (including phenoxy) is 2. The van der Waals surface area contributed by atoms with Gasteiger partial charge in [0.2, 0.25) is 5.91 Å². The Morgan fingerprint density at radius 1 is 1.35 bits per heavy atom. The fraction of sp³-hybridized carbons (Fsp3) is 0.500. The Bertz CT molecular complexity index is 633.